The molecule has 0 atom stereocenters. The molecule has 0 N–H and O–H groups in total. The quantitative estimate of drug-likeness (QED) is 0.463. The highest BCUT2D eigenvalue weighted by atomic mass is 35.5. The number of ether oxygens (including phenoxy) is 1. The topological polar surface area (TPSA) is 75.9 Å². The molecule has 0 saturated carbocycles. The molecule has 26 heavy (non-hydrogen) atoms. The molecule has 0 unspecified atom stereocenters. The summed E-state index contributed by atoms with van der Waals surface area (Å²) in [5.74, 6) is -0.712. The molecule has 136 valence electrons. The highest BCUT2D eigenvalue weighted by Crippen LogP contribution is 2.28. The molecule has 1 aliphatic rings. The van der Waals surface area contributed by atoms with E-state index >= 15 is 0 Å². The third-order valence-corrected chi connectivity index (χ3v) is 4.64. The molecule has 7 nitrogen and oxygen atoms in total. The van der Waals surface area contributed by atoms with E-state index in [2.05, 4.69) is 14.5 Å². The number of esters is 1. The summed E-state index contributed by atoms with van der Waals surface area (Å²) in [6.45, 7) is 3.02. The molecule has 1 saturated heterocycles. The Labute approximate surface area is 155 Å². The molecule has 2 aromatic rings. The van der Waals surface area contributed by atoms with E-state index in [-0.39, 0.29) is 11.3 Å². The van der Waals surface area contributed by atoms with Crippen molar-refractivity contribution in [1.29, 1.82) is 0 Å². The first-order chi connectivity index (χ1) is 12.5. The van der Waals surface area contributed by atoms with E-state index in [1.54, 1.807) is 6.07 Å². The number of piperazine rings is 1. The fourth-order valence-electron chi connectivity index (χ4n) is 3.05. The second kappa shape index (κ2) is 7.61. The molecule has 0 spiro atoms. The van der Waals surface area contributed by atoms with Gasteiger partial charge in [0.1, 0.15) is 5.56 Å². The Bertz CT molecular complexity index is 835. The summed E-state index contributed by atoms with van der Waals surface area (Å²) in [4.78, 5) is 26.7. The Kier molecular flexibility index (Phi) is 5.27. The molecule has 0 aromatic heterocycles. The van der Waals surface area contributed by atoms with E-state index in [1.807, 2.05) is 24.3 Å². The Hall–Kier alpha value is -2.80. The summed E-state index contributed by atoms with van der Waals surface area (Å²) >= 11 is 6.05. The van der Waals surface area contributed by atoms with Crippen LogP contribution in [0, 0.1) is 10.1 Å². The van der Waals surface area contributed by atoms with Crippen molar-refractivity contribution >= 4 is 34.6 Å². The van der Waals surface area contributed by atoms with Crippen molar-refractivity contribution in [3.63, 3.8) is 0 Å². The van der Waals surface area contributed by atoms with Crippen LogP contribution in [-0.2, 0) is 4.74 Å². The average molecular weight is 376 g/mol. The van der Waals surface area contributed by atoms with Crippen LogP contribution in [-0.4, -0.2) is 44.2 Å². The van der Waals surface area contributed by atoms with Crippen LogP contribution in [0.2, 0.25) is 5.02 Å². The number of rotatable bonds is 4. The minimum atomic E-state index is -0.712. The fourth-order valence-corrected chi connectivity index (χ4v) is 3.23. The molecule has 0 bridgehead atoms. The van der Waals surface area contributed by atoms with Gasteiger partial charge in [-0.3, -0.25) is 10.1 Å². The van der Waals surface area contributed by atoms with E-state index in [4.69, 9.17) is 11.6 Å². The van der Waals surface area contributed by atoms with Crippen molar-refractivity contribution in [2.24, 2.45) is 0 Å². The molecule has 0 aliphatic carbocycles. The molecule has 0 radical (unpaired) electrons. The Morgan fingerprint density at radius 3 is 2.23 bits per heavy atom. The van der Waals surface area contributed by atoms with Crippen LogP contribution >= 0.6 is 11.6 Å². The number of carbonyl (C=O) groups is 1. The van der Waals surface area contributed by atoms with Crippen LogP contribution in [0.15, 0.2) is 42.5 Å². The van der Waals surface area contributed by atoms with Crippen LogP contribution in [0.1, 0.15) is 10.4 Å². The molecule has 1 aliphatic heterocycles. The first-order valence-electron chi connectivity index (χ1n) is 8.12. The van der Waals surface area contributed by atoms with Gasteiger partial charge in [-0.05, 0) is 30.3 Å². The van der Waals surface area contributed by atoms with Crippen molar-refractivity contribution in [2.75, 3.05) is 43.1 Å². The summed E-state index contributed by atoms with van der Waals surface area (Å²) in [5, 5.41) is 11.8. The molecular weight excluding hydrogens is 358 g/mol. The lowest BCUT2D eigenvalue weighted by molar-refractivity contribution is -0.385. The highest BCUT2D eigenvalue weighted by molar-refractivity contribution is 6.30. The Morgan fingerprint density at radius 1 is 1.08 bits per heavy atom. The summed E-state index contributed by atoms with van der Waals surface area (Å²) < 4.78 is 4.67. The third kappa shape index (κ3) is 3.72. The van der Waals surface area contributed by atoms with Gasteiger partial charge in [0.15, 0.2) is 0 Å². The van der Waals surface area contributed by atoms with Crippen molar-refractivity contribution < 1.29 is 14.5 Å². The van der Waals surface area contributed by atoms with Crippen LogP contribution < -0.4 is 9.80 Å². The molecule has 0 amide bonds. The lowest BCUT2D eigenvalue weighted by atomic mass is 10.1. The van der Waals surface area contributed by atoms with E-state index in [1.165, 1.54) is 19.2 Å². The lowest BCUT2D eigenvalue weighted by Crippen LogP contribution is -2.46. The van der Waals surface area contributed by atoms with Gasteiger partial charge < -0.3 is 14.5 Å². The summed E-state index contributed by atoms with van der Waals surface area (Å²) in [5.41, 5.74) is 1.54. The standard InChI is InChI=1S/C18H18ClN3O4/c1-26-18(23)16-12-15(5-6-17(16)22(24)25)21-9-7-20(8-10-21)14-4-2-3-13(19)11-14/h2-6,11-12H,7-10H2,1H3. The number of halogens is 1. The van der Waals surface area contributed by atoms with E-state index in [0.29, 0.717) is 5.02 Å². The van der Waals surface area contributed by atoms with Crippen molar-refractivity contribution in [2.45, 2.75) is 0 Å². The van der Waals surface area contributed by atoms with Gasteiger partial charge >= 0.3 is 5.97 Å². The molecule has 3 rings (SSSR count). The first-order valence-corrected chi connectivity index (χ1v) is 8.49. The largest absolute Gasteiger partial charge is 0.465 e. The van der Waals surface area contributed by atoms with Crippen molar-refractivity contribution in [3.8, 4) is 0 Å². The van der Waals surface area contributed by atoms with Gasteiger partial charge in [0, 0.05) is 48.6 Å². The second-order valence-corrected chi connectivity index (χ2v) is 6.34. The van der Waals surface area contributed by atoms with Crippen LogP contribution in [0.5, 0.6) is 0 Å². The van der Waals surface area contributed by atoms with E-state index < -0.39 is 10.9 Å². The number of nitrogens with zero attached hydrogens (tertiary/aromatic N) is 3. The lowest BCUT2D eigenvalue weighted by Gasteiger charge is -2.37. The van der Waals surface area contributed by atoms with Crippen LogP contribution in [0.25, 0.3) is 0 Å². The van der Waals surface area contributed by atoms with Gasteiger partial charge in [-0.1, -0.05) is 17.7 Å². The molecular formula is C18H18ClN3O4. The Morgan fingerprint density at radius 2 is 1.69 bits per heavy atom. The predicted octanol–water partition coefficient (Wildman–Crippen LogP) is 3.36. The molecule has 1 fully saturated rings. The maximum Gasteiger partial charge on any atom is 0.344 e. The highest BCUT2D eigenvalue weighted by Gasteiger charge is 2.24. The smallest absolute Gasteiger partial charge is 0.344 e. The molecule has 2 aromatic carbocycles. The first kappa shape index (κ1) is 18.0. The number of benzene rings is 2. The minimum absolute atomic E-state index is 0.0349. The number of nitro groups is 1. The van der Waals surface area contributed by atoms with Gasteiger partial charge in [0.05, 0.1) is 12.0 Å². The Balaban J connectivity index is 1.77. The van der Waals surface area contributed by atoms with Crippen LogP contribution in [0.4, 0.5) is 17.1 Å². The summed E-state index contributed by atoms with van der Waals surface area (Å²) in [7, 11) is 1.21. The average Bonchev–Trinajstić information content (AvgIpc) is 2.67. The van der Waals surface area contributed by atoms with Gasteiger partial charge in [-0.2, -0.15) is 0 Å². The normalized spacial score (nSPS) is 14.2. The zero-order chi connectivity index (χ0) is 18.7. The maximum absolute atomic E-state index is 11.9. The van der Waals surface area contributed by atoms with Crippen molar-refractivity contribution in [3.05, 3.63) is 63.2 Å². The summed E-state index contributed by atoms with van der Waals surface area (Å²) in [6, 6.07) is 12.3. The third-order valence-electron chi connectivity index (χ3n) is 4.40. The van der Waals surface area contributed by atoms with E-state index in [9.17, 15) is 14.9 Å². The number of methoxy groups -OCH3 is 1. The zero-order valence-corrected chi connectivity index (χ0v) is 15.0. The van der Waals surface area contributed by atoms with Gasteiger partial charge in [0.2, 0.25) is 0 Å². The van der Waals surface area contributed by atoms with E-state index in [0.717, 1.165) is 37.6 Å². The zero-order valence-electron chi connectivity index (χ0n) is 14.2. The number of nitro benzene ring substituents is 1. The molecule has 8 heteroatoms. The molecule has 1 heterocycles. The van der Waals surface area contributed by atoms with Gasteiger partial charge in [-0.15, -0.1) is 0 Å². The van der Waals surface area contributed by atoms with Crippen molar-refractivity contribution in [1.82, 2.24) is 0 Å². The number of anilines is 2. The predicted molar refractivity (Wildman–Crippen MR) is 100 cm³/mol. The maximum atomic E-state index is 11.9. The fraction of sp³-hybridized carbons (Fsp3) is 0.278. The number of hydrogen-bond acceptors (Lipinski definition) is 6. The number of hydrogen-bond donors (Lipinski definition) is 0. The second-order valence-electron chi connectivity index (χ2n) is 5.90. The number of carbonyl (C=O) groups excluding carboxylic acids is 1. The monoisotopic (exact) mass is 375 g/mol. The SMILES string of the molecule is COC(=O)c1cc(N2CCN(c3cccc(Cl)c3)CC2)ccc1[N+](=O)[O-]. The minimum Gasteiger partial charge on any atom is -0.465 e. The van der Waals surface area contributed by atoms with Gasteiger partial charge in [0.25, 0.3) is 5.69 Å². The van der Waals surface area contributed by atoms with Crippen LogP contribution in [0.3, 0.4) is 0 Å². The van der Waals surface area contributed by atoms with Gasteiger partial charge in [-0.25, -0.2) is 4.79 Å². The summed E-state index contributed by atoms with van der Waals surface area (Å²) in [6.07, 6.45) is 0.